The van der Waals surface area contributed by atoms with E-state index >= 15 is 0 Å². The van der Waals surface area contributed by atoms with Crippen LogP contribution in [-0.4, -0.2) is 26.8 Å². The Morgan fingerprint density at radius 1 is 1.60 bits per heavy atom. The van der Waals surface area contributed by atoms with Crippen molar-refractivity contribution in [3.63, 3.8) is 0 Å². The van der Waals surface area contributed by atoms with Crippen LogP contribution in [0.5, 0.6) is 0 Å². The van der Waals surface area contributed by atoms with Crippen molar-refractivity contribution in [3.8, 4) is 0 Å². The van der Waals surface area contributed by atoms with Crippen molar-refractivity contribution in [3.05, 3.63) is 11.9 Å². The summed E-state index contributed by atoms with van der Waals surface area (Å²) in [7, 11) is 1.71. The first kappa shape index (κ1) is 11.2. The van der Waals surface area contributed by atoms with Gasteiger partial charge in [-0.25, -0.2) is 0 Å². The number of nitrogens with zero attached hydrogens (tertiary/aromatic N) is 2. The summed E-state index contributed by atoms with van der Waals surface area (Å²) in [4.78, 5) is 21.3. The molecule has 1 amide bonds. The van der Waals surface area contributed by atoms with Crippen LogP contribution in [-0.2, 0) is 23.1 Å². The average molecular weight is 211 g/mol. The maximum atomic E-state index is 10.8. The molecule has 1 rings (SSSR count). The molecule has 0 aliphatic heterocycles. The molecule has 0 aromatic carbocycles. The minimum absolute atomic E-state index is 0.0200. The lowest BCUT2D eigenvalue weighted by molar-refractivity contribution is -0.137. The van der Waals surface area contributed by atoms with Gasteiger partial charge in [-0.15, -0.1) is 0 Å². The highest BCUT2D eigenvalue weighted by molar-refractivity contribution is 5.89. The Bertz CT molecular complexity index is 384. The molecule has 0 saturated heterocycles. The Kier molecular flexibility index (Phi) is 3.43. The number of carboxylic acids is 1. The number of anilines is 1. The molecule has 0 bridgehead atoms. The van der Waals surface area contributed by atoms with Crippen molar-refractivity contribution < 1.29 is 14.7 Å². The summed E-state index contributed by atoms with van der Waals surface area (Å²) in [6.07, 6.45) is 1.88. The molecule has 0 atom stereocenters. The van der Waals surface area contributed by atoms with Gasteiger partial charge in [0.25, 0.3) is 0 Å². The molecular weight excluding hydrogens is 198 g/mol. The van der Waals surface area contributed by atoms with Gasteiger partial charge in [0.15, 0.2) is 0 Å². The summed E-state index contributed by atoms with van der Waals surface area (Å²) < 4.78 is 1.56. The second-order valence-electron chi connectivity index (χ2n) is 3.20. The van der Waals surface area contributed by atoms with Crippen LogP contribution in [0.1, 0.15) is 19.0 Å². The van der Waals surface area contributed by atoms with Gasteiger partial charge in [-0.2, -0.15) is 5.10 Å². The molecule has 1 heterocycles. The van der Waals surface area contributed by atoms with E-state index in [2.05, 4.69) is 10.4 Å². The fourth-order valence-electron chi connectivity index (χ4n) is 1.28. The van der Waals surface area contributed by atoms with Crippen LogP contribution in [0.2, 0.25) is 0 Å². The minimum atomic E-state index is -0.870. The second-order valence-corrected chi connectivity index (χ2v) is 3.20. The molecule has 0 unspecified atom stereocenters. The Balaban J connectivity index is 2.79. The zero-order valence-corrected chi connectivity index (χ0v) is 8.65. The topological polar surface area (TPSA) is 84.2 Å². The van der Waals surface area contributed by atoms with Crippen molar-refractivity contribution in [2.45, 2.75) is 19.8 Å². The lowest BCUT2D eigenvalue weighted by Gasteiger charge is -2.04. The molecule has 0 fully saturated rings. The van der Waals surface area contributed by atoms with Crippen LogP contribution in [0, 0.1) is 0 Å². The lowest BCUT2D eigenvalue weighted by atomic mass is 10.2. The van der Waals surface area contributed by atoms with Crippen LogP contribution in [0.4, 0.5) is 5.69 Å². The molecule has 0 aliphatic rings. The van der Waals surface area contributed by atoms with Crippen molar-refractivity contribution in [2.75, 3.05) is 5.32 Å². The molecule has 2 N–H and O–H groups in total. The monoisotopic (exact) mass is 211 g/mol. The van der Waals surface area contributed by atoms with Gasteiger partial charge in [0, 0.05) is 20.4 Å². The summed E-state index contributed by atoms with van der Waals surface area (Å²) in [5.41, 5.74) is 1.29. The summed E-state index contributed by atoms with van der Waals surface area (Å²) >= 11 is 0. The molecule has 0 saturated carbocycles. The number of hydrogen-bond donors (Lipinski definition) is 2. The van der Waals surface area contributed by atoms with Crippen molar-refractivity contribution in [1.82, 2.24) is 9.78 Å². The van der Waals surface area contributed by atoms with Crippen LogP contribution in [0.25, 0.3) is 0 Å². The Hall–Kier alpha value is -1.85. The number of amides is 1. The van der Waals surface area contributed by atoms with E-state index in [9.17, 15) is 9.59 Å². The third kappa shape index (κ3) is 3.08. The first-order valence-electron chi connectivity index (χ1n) is 4.51. The number of aryl methyl sites for hydroxylation is 1. The number of hydrogen-bond acceptors (Lipinski definition) is 3. The highest BCUT2D eigenvalue weighted by Crippen LogP contribution is 2.15. The van der Waals surface area contributed by atoms with Gasteiger partial charge < -0.3 is 10.4 Å². The van der Waals surface area contributed by atoms with Crippen LogP contribution in [0.15, 0.2) is 6.20 Å². The summed E-state index contributed by atoms with van der Waals surface area (Å²) in [6, 6.07) is 0. The van der Waals surface area contributed by atoms with Crippen molar-refractivity contribution in [1.29, 1.82) is 0 Å². The normalized spacial score (nSPS) is 10.0. The maximum absolute atomic E-state index is 10.8. The van der Waals surface area contributed by atoms with E-state index in [0.29, 0.717) is 17.8 Å². The third-order valence-electron chi connectivity index (χ3n) is 1.95. The number of carbonyl (C=O) groups is 2. The highest BCUT2D eigenvalue weighted by Gasteiger charge is 2.10. The summed E-state index contributed by atoms with van der Waals surface area (Å²) in [5.74, 6) is -1.07. The molecular formula is C9H13N3O3. The molecule has 0 aliphatic carbocycles. The van der Waals surface area contributed by atoms with E-state index in [0.717, 1.165) is 0 Å². The Morgan fingerprint density at radius 2 is 2.27 bits per heavy atom. The molecule has 1 aromatic heterocycles. The smallest absolute Gasteiger partial charge is 0.303 e. The largest absolute Gasteiger partial charge is 0.481 e. The van der Waals surface area contributed by atoms with E-state index in [1.165, 1.54) is 13.1 Å². The number of nitrogens with one attached hydrogen (secondary N) is 1. The number of aromatic nitrogens is 2. The Labute approximate surface area is 86.9 Å². The molecule has 0 radical (unpaired) electrons. The molecule has 0 spiro atoms. The number of aliphatic carboxylic acids is 1. The number of carbonyl (C=O) groups excluding carboxylic acids is 1. The fraction of sp³-hybridized carbons (Fsp3) is 0.444. The minimum Gasteiger partial charge on any atom is -0.481 e. The third-order valence-corrected chi connectivity index (χ3v) is 1.95. The zero-order chi connectivity index (χ0) is 11.4. The van der Waals surface area contributed by atoms with Gasteiger partial charge in [-0.1, -0.05) is 0 Å². The lowest BCUT2D eigenvalue weighted by Crippen LogP contribution is -2.10. The predicted octanol–water partition coefficient (Wildman–Crippen LogP) is 0.396. The predicted molar refractivity (Wildman–Crippen MR) is 53.5 cm³/mol. The number of rotatable bonds is 4. The van der Waals surface area contributed by atoms with E-state index in [1.807, 2.05) is 0 Å². The van der Waals surface area contributed by atoms with Gasteiger partial charge in [-0.3, -0.25) is 14.3 Å². The van der Waals surface area contributed by atoms with Gasteiger partial charge >= 0.3 is 5.97 Å². The van der Waals surface area contributed by atoms with Crippen LogP contribution < -0.4 is 5.32 Å². The van der Waals surface area contributed by atoms with E-state index in [-0.39, 0.29) is 12.3 Å². The highest BCUT2D eigenvalue weighted by atomic mass is 16.4. The maximum Gasteiger partial charge on any atom is 0.303 e. The van der Waals surface area contributed by atoms with Crippen LogP contribution >= 0.6 is 0 Å². The van der Waals surface area contributed by atoms with Gasteiger partial charge in [-0.05, 0) is 0 Å². The molecule has 1 aromatic rings. The van der Waals surface area contributed by atoms with Crippen LogP contribution in [0.3, 0.4) is 0 Å². The first-order valence-corrected chi connectivity index (χ1v) is 4.51. The SMILES string of the molecule is CC(=O)Nc1cnn(C)c1CCC(=O)O. The molecule has 6 nitrogen and oxygen atoms in total. The van der Waals surface area contributed by atoms with Gasteiger partial charge in [0.2, 0.25) is 5.91 Å². The van der Waals surface area contributed by atoms with Crippen molar-refractivity contribution in [2.24, 2.45) is 7.05 Å². The first-order chi connectivity index (χ1) is 7.00. The molecule has 82 valence electrons. The number of carboxylic acid groups (broad SMARTS) is 1. The van der Waals surface area contributed by atoms with E-state index in [1.54, 1.807) is 11.7 Å². The van der Waals surface area contributed by atoms with E-state index in [4.69, 9.17) is 5.11 Å². The van der Waals surface area contributed by atoms with Gasteiger partial charge in [0.05, 0.1) is 24.0 Å². The molecule has 15 heavy (non-hydrogen) atoms. The summed E-state index contributed by atoms with van der Waals surface area (Å²) in [5, 5.41) is 15.1. The van der Waals surface area contributed by atoms with Gasteiger partial charge in [0.1, 0.15) is 0 Å². The average Bonchev–Trinajstić information content (AvgIpc) is 2.43. The quantitative estimate of drug-likeness (QED) is 0.754. The standard InChI is InChI=1S/C9H13N3O3/c1-6(13)11-7-5-10-12(2)8(7)3-4-9(14)15/h5H,3-4H2,1-2H3,(H,11,13)(H,14,15). The fourth-order valence-corrected chi connectivity index (χ4v) is 1.28. The Morgan fingerprint density at radius 3 is 2.80 bits per heavy atom. The van der Waals surface area contributed by atoms with Crippen molar-refractivity contribution >= 4 is 17.6 Å². The summed E-state index contributed by atoms with van der Waals surface area (Å²) in [6.45, 7) is 1.40. The van der Waals surface area contributed by atoms with E-state index < -0.39 is 5.97 Å². The second kappa shape index (κ2) is 4.59. The zero-order valence-electron chi connectivity index (χ0n) is 8.65. The molecule has 6 heteroatoms.